The number of benzene rings is 3. The van der Waals surface area contributed by atoms with Crippen molar-refractivity contribution in [1.82, 2.24) is 4.57 Å². The molecule has 1 aliphatic rings. The van der Waals surface area contributed by atoms with E-state index in [1.54, 1.807) is 60.1 Å². The van der Waals surface area contributed by atoms with Crippen molar-refractivity contribution in [2.75, 3.05) is 16.6 Å². The molecule has 2 N–H and O–H groups in total. The summed E-state index contributed by atoms with van der Waals surface area (Å²) in [5.74, 6) is -0.0701. The Morgan fingerprint density at radius 3 is 2.36 bits per heavy atom. The van der Waals surface area contributed by atoms with Crippen molar-refractivity contribution in [2.45, 2.75) is 9.92 Å². The summed E-state index contributed by atoms with van der Waals surface area (Å²) in [6.45, 7) is -0.0456. The van der Waals surface area contributed by atoms with Crippen LogP contribution in [-0.4, -0.2) is 34.4 Å². The highest BCUT2D eigenvalue weighted by atomic mass is 32.3. The minimum atomic E-state index is -3.98. The van der Waals surface area contributed by atoms with E-state index in [1.807, 2.05) is 24.3 Å². The Bertz CT molecular complexity index is 1530. The second-order valence-corrected chi connectivity index (χ2v) is 11.9. The molecule has 1 aromatic heterocycles. The largest absolute Gasteiger partial charge is 0.333 e. The summed E-state index contributed by atoms with van der Waals surface area (Å²) < 4.78 is 51.8. The molecular weight excluding hydrogens is 458 g/mol. The lowest BCUT2D eigenvalue weighted by atomic mass is 10.0. The van der Waals surface area contributed by atoms with Crippen molar-refractivity contribution in [3.8, 4) is 17.2 Å². The average molecular weight is 480 g/mol. The van der Waals surface area contributed by atoms with Crippen molar-refractivity contribution < 1.29 is 17.5 Å². The fourth-order valence-corrected chi connectivity index (χ4v) is 7.53. The molecular formula is C24H21N3O4S2. The number of aryl methyl sites for hydroxylation is 1. The van der Waals surface area contributed by atoms with E-state index in [4.69, 9.17) is 5.26 Å². The van der Waals surface area contributed by atoms with Gasteiger partial charge in [0.15, 0.2) is 5.03 Å². The quantitative estimate of drug-likeness (QED) is 0.428. The summed E-state index contributed by atoms with van der Waals surface area (Å²) >= 11 is 0. The Balaban J connectivity index is 1.66. The Labute approximate surface area is 193 Å². The summed E-state index contributed by atoms with van der Waals surface area (Å²) in [6, 6.07) is 23.1. The first-order valence-electron chi connectivity index (χ1n) is 10.2. The van der Waals surface area contributed by atoms with E-state index in [0.29, 0.717) is 11.1 Å². The van der Waals surface area contributed by atoms with Crippen LogP contribution in [0.1, 0.15) is 5.56 Å². The number of fused-ring (bicyclic) bond motifs is 2. The minimum absolute atomic E-state index is 0.0456. The van der Waals surface area contributed by atoms with E-state index in [1.165, 1.54) is 4.31 Å². The predicted octanol–water partition coefficient (Wildman–Crippen LogP) is 5.04. The average Bonchev–Trinajstić information content (AvgIpc) is 3.16. The van der Waals surface area contributed by atoms with Crippen LogP contribution < -0.4 is 4.31 Å². The number of nitrogens with zero attached hydrogens (tertiary/aromatic N) is 3. The lowest BCUT2D eigenvalue weighted by Crippen LogP contribution is -2.39. The van der Waals surface area contributed by atoms with Crippen LogP contribution in [0.15, 0.2) is 82.7 Å². The Kier molecular flexibility index (Phi) is 4.99. The summed E-state index contributed by atoms with van der Waals surface area (Å²) in [6.07, 6.45) is 0. The van der Waals surface area contributed by atoms with E-state index < -0.39 is 20.6 Å². The molecule has 168 valence electrons. The molecule has 0 unspecified atom stereocenters. The van der Waals surface area contributed by atoms with Crippen LogP contribution >= 0.6 is 10.6 Å². The standard InChI is InChI=1S/C24H21N3O4S2/c1-26-21-5-3-2-4-20(21)15-24(26)33(30,31)27-12-13-32(28,29)23-11-10-19(14-22(23)27)18-8-6-17(16-25)7-9-18/h2-11,14-15,28-29H,12-13H2,1H3. The fraction of sp³-hybridized carbons (Fsp3) is 0.125. The highest BCUT2D eigenvalue weighted by molar-refractivity contribution is 8.24. The maximum atomic E-state index is 13.8. The number of rotatable bonds is 3. The van der Waals surface area contributed by atoms with E-state index in [9.17, 15) is 17.5 Å². The lowest BCUT2D eigenvalue weighted by molar-refractivity contribution is 0.484. The molecule has 9 heteroatoms. The lowest BCUT2D eigenvalue weighted by Gasteiger charge is -2.42. The number of para-hydroxylation sites is 1. The third kappa shape index (κ3) is 3.48. The topological polar surface area (TPSA) is 107 Å². The second kappa shape index (κ2) is 7.64. The van der Waals surface area contributed by atoms with E-state index in [0.717, 1.165) is 16.5 Å². The van der Waals surface area contributed by atoms with Crippen molar-refractivity contribution in [2.24, 2.45) is 7.05 Å². The maximum Gasteiger partial charge on any atom is 0.280 e. The first kappa shape index (κ1) is 21.6. The molecule has 0 radical (unpaired) electrons. The number of aromatic nitrogens is 1. The molecule has 5 rings (SSSR count). The molecule has 0 atom stereocenters. The van der Waals surface area contributed by atoms with Gasteiger partial charge in [0, 0.05) is 18.0 Å². The molecule has 4 aromatic rings. The molecule has 0 fully saturated rings. The highest BCUT2D eigenvalue weighted by Crippen LogP contribution is 2.56. The molecule has 1 aliphatic heterocycles. The molecule has 0 bridgehead atoms. The zero-order valence-corrected chi connectivity index (χ0v) is 19.3. The molecule has 0 aliphatic carbocycles. The van der Waals surface area contributed by atoms with E-state index in [2.05, 4.69) is 6.07 Å². The SMILES string of the molecule is Cn1c(S(=O)(=O)N2CCS(O)(O)c3ccc(-c4ccc(C#N)cc4)cc32)cc2ccccc21. The van der Waals surface area contributed by atoms with Crippen LogP contribution in [0.3, 0.4) is 0 Å². The molecule has 33 heavy (non-hydrogen) atoms. The number of nitriles is 1. The third-order valence-electron chi connectivity index (χ3n) is 5.97. The summed E-state index contributed by atoms with van der Waals surface area (Å²) in [5.41, 5.74) is 3.08. The van der Waals surface area contributed by atoms with E-state index in [-0.39, 0.29) is 27.9 Å². The first-order valence-corrected chi connectivity index (χ1v) is 13.4. The Morgan fingerprint density at radius 2 is 1.67 bits per heavy atom. The number of hydrogen-bond donors (Lipinski definition) is 2. The monoisotopic (exact) mass is 479 g/mol. The third-order valence-corrected chi connectivity index (χ3v) is 9.65. The Hall–Kier alpha value is -3.29. The molecule has 0 saturated heterocycles. The van der Waals surface area contributed by atoms with Gasteiger partial charge in [-0.3, -0.25) is 13.4 Å². The zero-order valence-electron chi connectivity index (χ0n) is 17.7. The van der Waals surface area contributed by atoms with Gasteiger partial charge in [-0.1, -0.05) is 36.4 Å². The van der Waals surface area contributed by atoms with Gasteiger partial charge >= 0.3 is 0 Å². The first-order chi connectivity index (χ1) is 15.7. The van der Waals surface area contributed by atoms with Crippen LogP contribution in [0.25, 0.3) is 22.0 Å². The number of hydrogen-bond acceptors (Lipinski definition) is 5. The Morgan fingerprint density at radius 1 is 0.970 bits per heavy atom. The van der Waals surface area contributed by atoms with Gasteiger partial charge in [0.1, 0.15) is 0 Å². The molecule has 7 nitrogen and oxygen atoms in total. The summed E-state index contributed by atoms with van der Waals surface area (Å²) in [7, 11) is -5.39. The van der Waals surface area contributed by atoms with Crippen molar-refractivity contribution in [3.05, 3.63) is 78.4 Å². The summed E-state index contributed by atoms with van der Waals surface area (Å²) in [5, 5.41) is 9.99. The van der Waals surface area contributed by atoms with Crippen LogP contribution in [0.4, 0.5) is 5.69 Å². The smallest absolute Gasteiger partial charge is 0.280 e. The highest BCUT2D eigenvalue weighted by Gasteiger charge is 2.37. The van der Waals surface area contributed by atoms with Crippen LogP contribution in [0.2, 0.25) is 0 Å². The molecule has 0 amide bonds. The van der Waals surface area contributed by atoms with Gasteiger partial charge in [0.25, 0.3) is 10.0 Å². The number of sulfonamides is 1. The summed E-state index contributed by atoms with van der Waals surface area (Å²) in [4.78, 5) is 0.216. The van der Waals surface area contributed by atoms with Gasteiger partial charge in [-0.2, -0.15) is 24.3 Å². The maximum absolute atomic E-state index is 13.8. The van der Waals surface area contributed by atoms with Gasteiger partial charge in [-0.15, -0.1) is 0 Å². The fourth-order valence-electron chi connectivity index (χ4n) is 4.22. The van der Waals surface area contributed by atoms with Crippen molar-refractivity contribution in [1.29, 1.82) is 5.26 Å². The predicted molar refractivity (Wildman–Crippen MR) is 130 cm³/mol. The van der Waals surface area contributed by atoms with Gasteiger partial charge in [-0.25, -0.2) is 0 Å². The minimum Gasteiger partial charge on any atom is -0.333 e. The van der Waals surface area contributed by atoms with Gasteiger partial charge in [-0.05, 0) is 47.5 Å². The van der Waals surface area contributed by atoms with Crippen LogP contribution in [0.5, 0.6) is 0 Å². The molecule has 0 spiro atoms. The molecule has 3 aromatic carbocycles. The van der Waals surface area contributed by atoms with Crippen LogP contribution in [-0.2, 0) is 17.1 Å². The molecule has 0 saturated carbocycles. The van der Waals surface area contributed by atoms with Crippen molar-refractivity contribution >= 4 is 37.2 Å². The van der Waals surface area contributed by atoms with Crippen LogP contribution in [0, 0.1) is 11.3 Å². The van der Waals surface area contributed by atoms with Gasteiger partial charge in [0.2, 0.25) is 0 Å². The van der Waals surface area contributed by atoms with Crippen molar-refractivity contribution in [3.63, 3.8) is 0 Å². The van der Waals surface area contributed by atoms with Gasteiger partial charge < -0.3 is 4.57 Å². The molecule has 2 heterocycles. The normalized spacial score (nSPS) is 16.2. The second-order valence-electron chi connectivity index (χ2n) is 7.92. The number of anilines is 1. The van der Waals surface area contributed by atoms with E-state index >= 15 is 0 Å². The zero-order chi connectivity index (χ0) is 23.4. The van der Waals surface area contributed by atoms with Gasteiger partial charge in [0.05, 0.1) is 34.5 Å².